The molecule has 1 saturated heterocycles. The van der Waals surface area contributed by atoms with Crippen LogP contribution in [-0.2, 0) is 6.54 Å². The fourth-order valence-electron chi connectivity index (χ4n) is 3.71. The highest BCUT2D eigenvalue weighted by Gasteiger charge is 2.29. The topological polar surface area (TPSA) is 6.48 Å². The molecule has 6 heteroatoms. The van der Waals surface area contributed by atoms with E-state index in [0.717, 1.165) is 36.5 Å². The zero-order chi connectivity index (χ0) is 21.5. The fraction of sp³-hybridized carbons (Fsp3) is 0.250. The van der Waals surface area contributed by atoms with E-state index in [-0.39, 0.29) is 6.04 Å². The highest BCUT2D eigenvalue weighted by Crippen LogP contribution is 2.31. The number of rotatable bonds is 6. The van der Waals surface area contributed by atoms with Gasteiger partial charge in [-0.3, -0.25) is 4.90 Å². The van der Waals surface area contributed by atoms with E-state index < -0.39 is 11.6 Å². The monoisotopic (exact) mass is 448 g/mol. The molecule has 1 unspecified atom stereocenters. The van der Waals surface area contributed by atoms with Gasteiger partial charge >= 0.3 is 0 Å². The lowest BCUT2D eigenvalue weighted by Crippen LogP contribution is -2.47. The number of nitrogens with zero attached hydrogens (tertiary/aromatic N) is 2. The van der Waals surface area contributed by atoms with Gasteiger partial charge in [-0.1, -0.05) is 47.5 Å². The lowest BCUT2D eigenvalue weighted by molar-refractivity contribution is 0.0989. The smallest absolute Gasteiger partial charge is 0.159 e. The summed E-state index contributed by atoms with van der Waals surface area (Å²) in [7, 11) is 0. The average molecular weight is 449 g/mol. The fourth-order valence-corrected chi connectivity index (χ4v) is 3.91. The second kappa shape index (κ2) is 10.8. The van der Waals surface area contributed by atoms with Crippen LogP contribution in [0.2, 0.25) is 5.02 Å². The quantitative estimate of drug-likeness (QED) is 0.454. The van der Waals surface area contributed by atoms with Gasteiger partial charge in [-0.15, -0.1) is 0 Å². The third kappa shape index (κ3) is 5.72. The molecule has 2 aromatic rings. The Balaban J connectivity index is 1.88. The minimum atomic E-state index is -0.823. The molecule has 1 aliphatic heterocycles. The zero-order valence-corrected chi connectivity index (χ0v) is 18.3. The van der Waals surface area contributed by atoms with Crippen LogP contribution in [0.5, 0.6) is 0 Å². The van der Waals surface area contributed by atoms with Crippen LogP contribution in [-0.4, -0.2) is 29.4 Å². The van der Waals surface area contributed by atoms with Gasteiger partial charge in [0.15, 0.2) is 11.6 Å². The van der Waals surface area contributed by atoms with Crippen molar-refractivity contribution in [3.63, 3.8) is 0 Å². The highest BCUT2D eigenvalue weighted by molar-refractivity contribution is 6.30. The minimum Gasteiger partial charge on any atom is -0.362 e. The first-order valence-corrected chi connectivity index (χ1v) is 10.6. The standard InChI is InChI=1S/C24H24Cl2F2N2/c1-2-4-21(5-3-12-25)30-14-13-29(16-18-6-11-22(27)23(28)15-18)17-24(30)19-7-9-20(26)10-8-19/h2-12,15,24H,13-14,16-17H2,1H3/b4-2-,12-3+,21-5+. The van der Waals surface area contributed by atoms with Crippen molar-refractivity contribution in [2.75, 3.05) is 19.6 Å². The molecule has 0 aromatic heterocycles. The molecule has 1 aliphatic rings. The molecular formula is C24H24Cl2F2N2. The molecule has 2 aromatic carbocycles. The Kier molecular flexibility index (Phi) is 8.08. The van der Waals surface area contributed by atoms with E-state index in [2.05, 4.69) is 15.9 Å². The summed E-state index contributed by atoms with van der Waals surface area (Å²) in [5, 5.41) is 0.689. The molecule has 1 atom stereocenters. The lowest BCUT2D eigenvalue weighted by Gasteiger charge is -2.43. The molecule has 30 heavy (non-hydrogen) atoms. The van der Waals surface area contributed by atoms with E-state index in [4.69, 9.17) is 23.2 Å². The Morgan fingerprint density at radius 3 is 2.53 bits per heavy atom. The molecule has 158 valence electrons. The Morgan fingerprint density at radius 1 is 1.10 bits per heavy atom. The number of halogens is 4. The number of benzene rings is 2. The molecule has 0 spiro atoms. The predicted molar refractivity (Wildman–Crippen MR) is 120 cm³/mol. The number of hydrogen-bond acceptors (Lipinski definition) is 2. The van der Waals surface area contributed by atoms with Gasteiger partial charge in [-0.05, 0) is 60.5 Å². The third-order valence-corrected chi connectivity index (χ3v) is 5.52. The second-order valence-electron chi connectivity index (χ2n) is 7.15. The lowest BCUT2D eigenvalue weighted by atomic mass is 10.0. The van der Waals surface area contributed by atoms with E-state index >= 15 is 0 Å². The maximum atomic E-state index is 13.6. The first kappa shape index (κ1) is 22.5. The number of allylic oxidation sites excluding steroid dienone is 4. The van der Waals surface area contributed by atoms with Gasteiger partial charge < -0.3 is 4.90 Å². The summed E-state index contributed by atoms with van der Waals surface area (Å²) >= 11 is 11.8. The van der Waals surface area contributed by atoms with E-state index in [0.29, 0.717) is 11.6 Å². The Labute approximate surface area is 186 Å². The van der Waals surface area contributed by atoms with Gasteiger partial charge in [0.2, 0.25) is 0 Å². The second-order valence-corrected chi connectivity index (χ2v) is 7.84. The van der Waals surface area contributed by atoms with Crippen molar-refractivity contribution in [3.8, 4) is 0 Å². The molecule has 3 rings (SSSR count). The van der Waals surface area contributed by atoms with Crippen LogP contribution in [0.4, 0.5) is 8.78 Å². The summed E-state index contributed by atoms with van der Waals surface area (Å²) in [6.07, 6.45) is 7.86. The minimum absolute atomic E-state index is 0.0764. The van der Waals surface area contributed by atoms with Gasteiger partial charge in [0.1, 0.15) is 0 Å². The molecule has 0 N–H and O–H groups in total. The van der Waals surface area contributed by atoms with E-state index in [1.165, 1.54) is 17.7 Å². The van der Waals surface area contributed by atoms with E-state index in [9.17, 15) is 8.78 Å². The Hall–Kier alpha value is -2.14. The largest absolute Gasteiger partial charge is 0.362 e. The maximum absolute atomic E-state index is 13.6. The highest BCUT2D eigenvalue weighted by atomic mass is 35.5. The molecule has 1 fully saturated rings. The van der Waals surface area contributed by atoms with Gasteiger partial charge in [0.25, 0.3) is 0 Å². The van der Waals surface area contributed by atoms with Gasteiger partial charge in [-0.2, -0.15) is 0 Å². The van der Waals surface area contributed by atoms with Crippen LogP contribution in [0.3, 0.4) is 0 Å². The van der Waals surface area contributed by atoms with Crippen LogP contribution in [0.1, 0.15) is 24.1 Å². The summed E-state index contributed by atoms with van der Waals surface area (Å²) in [5.74, 6) is -1.64. The van der Waals surface area contributed by atoms with Crippen molar-refractivity contribution in [3.05, 3.63) is 106 Å². The molecule has 0 amide bonds. The van der Waals surface area contributed by atoms with Crippen molar-refractivity contribution in [1.82, 2.24) is 9.80 Å². The average Bonchev–Trinajstić information content (AvgIpc) is 2.74. The van der Waals surface area contributed by atoms with E-state index in [1.807, 2.05) is 49.4 Å². The first-order valence-electron chi connectivity index (χ1n) is 9.80. The van der Waals surface area contributed by atoms with Crippen LogP contribution in [0.25, 0.3) is 0 Å². The van der Waals surface area contributed by atoms with Crippen LogP contribution in [0, 0.1) is 11.6 Å². The van der Waals surface area contributed by atoms with Crippen LogP contribution >= 0.6 is 23.2 Å². The molecule has 0 bridgehead atoms. The summed E-state index contributed by atoms with van der Waals surface area (Å²) in [6, 6.07) is 12.0. The maximum Gasteiger partial charge on any atom is 0.159 e. The van der Waals surface area contributed by atoms with Crippen molar-refractivity contribution in [1.29, 1.82) is 0 Å². The van der Waals surface area contributed by atoms with Crippen LogP contribution in [0.15, 0.2) is 78.0 Å². The van der Waals surface area contributed by atoms with Crippen molar-refractivity contribution in [2.45, 2.75) is 19.5 Å². The molecule has 0 aliphatic carbocycles. The van der Waals surface area contributed by atoms with Crippen molar-refractivity contribution < 1.29 is 8.78 Å². The first-order chi connectivity index (χ1) is 14.5. The normalized spacial score (nSPS) is 18.6. The summed E-state index contributed by atoms with van der Waals surface area (Å²) in [5.41, 5.74) is 4.44. The predicted octanol–water partition coefficient (Wildman–Crippen LogP) is 6.69. The van der Waals surface area contributed by atoms with Crippen LogP contribution < -0.4 is 0 Å². The van der Waals surface area contributed by atoms with Crippen molar-refractivity contribution >= 4 is 23.2 Å². The Morgan fingerprint density at radius 2 is 1.87 bits per heavy atom. The molecule has 2 nitrogen and oxygen atoms in total. The number of hydrogen-bond donors (Lipinski definition) is 0. The SMILES string of the molecule is C\C=C/C(=C\C=C\Cl)N1CCN(Cc2ccc(F)c(F)c2)CC1c1ccc(Cl)cc1. The van der Waals surface area contributed by atoms with E-state index in [1.54, 1.807) is 6.07 Å². The zero-order valence-electron chi connectivity index (χ0n) is 16.7. The summed E-state index contributed by atoms with van der Waals surface area (Å²) in [6.45, 7) is 4.85. The molecule has 1 heterocycles. The molecule has 0 saturated carbocycles. The third-order valence-electron chi connectivity index (χ3n) is 5.12. The summed E-state index contributed by atoms with van der Waals surface area (Å²) in [4.78, 5) is 4.59. The molecule has 0 radical (unpaired) electrons. The molecular weight excluding hydrogens is 425 g/mol. The number of piperazine rings is 1. The van der Waals surface area contributed by atoms with Gasteiger partial charge in [-0.25, -0.2) is 8.78 Å². The Bertz CT molecular complexity index is 939. The van der Waals surface area contributed by atoms with Gasteiger partial charge in [0.05, 0.1) is 6.04 Å². The van der Waals surface area contributed by atoms with Crippen molar-refractivity contribution in [2.24, 2.45) is 0 Å². The summed E-state index contributed by atoms with van der Waals surface area (Å²) < 4.78 is 26.9. The van der Waals surface area contributed by atoms with Gasteiger partial charge in [0, 0.05) is 42.4 Å².